The van der Waals surface area contributed by atoms with Crippen LogP contribution in [0.25, 0.3) is 0 Å². The summed E-state index contributed by atoms with van der Waals surface area (Å²) in [5, 5.41) is 2.33. The molecule has 16 heavy (non-hydrogen) atoms. The molecule has 0 aliphatic carbocycles. The monoisotopic (exact) mass is 322 g/mol. The van der Waals surface area contributed by atoms with Gasteiger partial charge in [0.15, 0.2) is 0 Å². The summed E-state index contributed by atoms with van der Waals surface area (Å²) in [4.78, 5) is 0. The fourth-order valence-corrected chi connectivity index (χ4v) is 2.82. The van der Waals surface area contributed by atoms with E-state index in [4.69, 9.17) is 23.2 Å². The molecule has 0 aliphatic heterocycles. The molecule has 0 aliphatic rings. The Balaban J connectivity index is 2.90. The van der Waals surface area contributed by atoms with E-state index in [-0.39, 0.29) is 5.41 Å². The summed E-state index contributed by atoms with van der Waals surface area (Å²) in [7, 11) is 0. The van der Waals surface area contributed by atoms with Crippen molar-refractivity contribution in [3.63, 3.8) is 0 Å². The van der Waals surface area contributed by atoms with Crippen LogP contribution in [0, 0.1) is 5.41 Å². The van der Waals surface area contributed by atoms with Crippen molar-refractivity contribution >= 4 is 39.1 Å². The van der Waals surface area contributed by atoms with Gasteiger partial charge in [0, 0.05) is 5.33 Å². The van der Waals surface area contributed by atoms with Crippen LogP contribution in [-0.4, -0.2) is 5.33 Å². The van der Waals surface area contributed by atoms with Gasteiger partial charge < -0.3 is 0 Å². The maximum absolute atomic E-state index is 6.21. The lowest BCUT2D eigenvalue weighted by molar-refractivity contribution is 0.340. The molecule has 0 fully saturated rings. The highest BCUT2D eigenvalue weighted by atomic mass is 79.9. The molecule has 0 N–H and O–H groups in total. The van der Waals surface area contributed by atoms with Crippen LogP contribution < -0.4 is 0 Å². The van der Waals surface area contributed by atoms with E-state index in [2.05, 4.69) is 35.8 Å². The predicted octanol–water partition coefficient (Wildman–Crippen LogP) is 5.74. The Morgan fingerprint density at radius 2 is 2.00 bits per heavy atom. The normalized spacial score (nSPS) is 14.8. The van der Waals surface area contributed by atoms with Crippen molar-refractivity contribution in [2.45, 2.75) is 33.1 Å². The highest BCUT2D eigenvalue weighted by molar-refractivity contribution is 9.09. The molecule has 0 saturated heterocycles. The van der Waals surface area contributed by atoms with Crippen LogP contribution >= 0.6 is 39.1 Å². The van der Waals surface area contributed by atoms with Crippen LogP contribution in [0.5, 0.6) is 0 Å². The number of hydrogen-bond acceptors (Lipinski definition) is 0. The third-order valence-electron chi connectivity index (χ3n) is 2.82. The lowest BCUT2D eigenvalue weighted by Gasteiger charge is -2.27. The van der Waals surface area contributed by atoms with Crippen molar-refractivity contribution in [3.8, 4) is 0 Å². The van der Waals surface area contributed by atoms with Crippen molar-refractivity contribution in [3.05, 3.63) is 33.8 Å². The molecule has 0 aromatic heterocycles. The zero-order valence-electron chi connectivity index (χ0n) is 9.69. The fourth-order valence-electron chi connectivity index (χ4n) is 1.95. The first-order valence-electron chi connectivity index (χ1n) is 5.51. The van der Waals surface area contributed by atoms with Gasteiger partial charge in [-0.2, -0.15) is 0 Å². The highest BCUT2D eigenvalue weighted by Crippen LogP contribution is 2.35. The summed E-state index contributed by atoms with van der Waals surface area (Å²) >= 11 is 15.8. The van der Waals surface area contributed by atoms with Crippen molar-refractivity contribution < 1.29 is 0 Å². The topological polar surface area (TPSA) is 0 Å². The summed E-state index contributed by atoms with van der Waals surface area (Å²) in [5.41, 5.74) is 1.40. The SMILES string of the molecule is CCCC(C)(CBr)Cc1cccc(Cl)c1Cl. The van der Waals surface area contributed by atoms with Crippen molar-refractivity contribution in [1.29, 1.82) is 0 Å². The van der Waals surface area contributed by atoms with E-state index in [1.807, 2.05) is 12.1 Å². The number of halogens is 3. The third kappa shape index (κ3) is 3.65. The van der Waals surface area contributed by atoms with E-state index in [9.17, 15) is 0 Å². The van der Waals surface area contributed by atoms with Crippen molar-refractivity contribution in [1.82, 2.24) is 0 Å². The fraction of sp³-hybridized carbons (Fsp3) is 0.538. The standard InChI is InChI=1S/C13H17BrCl2/c1-3-7-13(2,9-14)8-10-5-4-6-11(15)12(10)16/h4-6H,3,7-9H2,1-2H3. The maximum Gasteiger partial charge on any atom is 0.0624 e. The van der Waals surface area contributed by atoms with Crippen LogP contribution in [0.2, 0.25) is 10.0 Å². The first-order chi connectivity index (χ1) is 7.52. The van der Waals surface area contributed by atoms with Gasteiger partial charge in [-0.1, -0.05) is 71.5 Å². The predicted molar refractivity (Wildman–Crippen MR) is 77.0 cm³/mol. The van der Waals surface area contributed by atoms with E-state index in [1.165, 1.54) is 12.8 Å². The van der Waals surface area contributed by atoms with Gasteiger partial charge in [0.2, 0.25) is 0 Å². The van der Waals surface area contributed by atoms with Gasteiger partial charge in [0.1, 0.15) is 0 Å². The molecule has 0 spiro atoms. The number of rotatable bonds is 5. The van der Waals surface area contributed by atoms with Crippen LogP contribution in [0.3, 0.4) is 0 Å². The van der Waals surface area contributed by atoms with E-state index < -0.39 is 0 Å². The van der Waals surface area contributed by atoms with Crippen LogP contribution in [-0.2, 0) is 6.42 Å². The average molecular weight is 324 g/mol. The molecule has 0 saturated carbocycles. The molecule has 90 valence electrons. The summed E-state index contributed by atoms with van der Waals surface area (Å²) in [6, 6.07) is 5.85. The molecular weight excluding hydrogens is 307 g/mol. The molecule has 1 atom stereocenters. The van der Waals surface area contributed by atoms with Gasteiger partial charge in [0.25, 0.3) is 0 Å². The zero-order valence-corrected chi connectivity index (χ0v) is 12.8. The Bertz CT molecular complexity index is 352. The second-order valence-corrected chi connectivity index (χ2v) is 5.93. The van der Waals surface area contributed by atoms with Crippen LogP contribution in [0.4, 0.5) is 0 Å². The summed E-state index contributed by atoms with van der Waals surface area (Å²) in [6.07, 6.45) is 3.33. The van der Waals surface area contributed by atoms with E-state index in [0.29, 0.717) is 10.0 Å². The highest BCUT2D eigenvalue weighted by Gasteiger charge is 2.23. The van der Waals surface area contributed by atoms with Crippen molar-refractivity contribution in [2.24, 2.45) is 5.41 Å². The van der Waals surface area contributed by atoms with Gasteiger partial charge in [-0.15, -0.1) is 0 Å². The average Bonchev–Trinajstić information content (AvgIpc) is 2.25. The molecule has 0 radical (unpaired) electrons. The Morgan fingerprint density at radius 1 is 1.31 bits per heavy atom. The number of benzene rings is 1. The van der Waals surface area contributed by atoms with Gasteiger partial charge in [-0.3, -0.25) is 0 Å². The first-order valence-corrected chi connectivity index (χ1v) is 7.39. The Morgan fingerprint density at radius 3 is 2.56 bits per heavy atom. The van der Waals surface area contributed by atoms with Gasteiger partial charge in [-0.05, 0) is 29.9 Å². The van der Waals surface area contributed by atoms with Gasteiger partial charge in [0.05, 0.1) is 10.0 Å². The largest absolute Gasteiger partial charge is 0.0922 e. The summed E-state index contributed by atoms with van der Waals surface area (Å²) < 4.78 is 0. The number of alkyl halides is 1. The second-order valence-electron chi connectivity index (χ2n) is 4.58. The van der Waals surface area contributed by atoms with Crippen molar-refractivity contribution in [2.75, 3.05) is 5.33 Å². The van der Waals surface area contributed by atoms with E-state index >= 15 is 0 Å². The molecular formula is C13H17BrCl2. The van der Waals surface area contributed by atoms with Gasteiger partial charge >= 0.3 is 0 Å². The molecule has 1 rings (SSSR count). The molecule has 0 nitrogen and oxygen atoms in total. The summed E-state index contributed by atoms with van der Waals surface area (Å²) in [6.45, 7) is 4.49. The zero-order chi connectivity index (χ0) is 12.2. The smallest absolute Gasteiger partial charge is 0.0624 e. The van der Waals surface area contributed by atoms with Crippen LogP contribution in [0.1, 0.15) is 32.3 Å². The van der Waals surface area contributed by atoms with E-state index in [1.54, 1.807) is 0 Å². The molecule has 0 bridgehead atoms. The molecule has 0 amide bonds. The first kappa shape index (κ1) is 14.3. The lowest BCUT2D eigenvalue weighted by Crippen LogP contribution is -2.21. The lowest BCUT2D eigenvalue weighted by atomic mass is 9.82. The third-order valence-corrected chi connectivity index (χ3v) is 5.04. The minimum absolute atomic E-state index is 0.253. The van der Waals surface area contributed by atoms with E-state index in [0.717, 1.165) is 17.3 Å². The molecule has 1 unspecified atom stereocenters. The second kappa shape index (κ2) is 6.28. The molecule has 3 heteroatoms. The molecule has 1 aromatic carbocycles. The number of hydrogen-bond donors (Lipinski definition) is 0. The Hall–Kier alpha value is 0.280. The minimum atomic E-state index is 0.253. The summed E-state index contributed by atoms with van der Waals surface area (Å²) in [5.74, 6) is 0. The van der Waals surface area contributed by atoms with Crippen LogP contribution in [0.15, 0.2) is 18.2 Å². The Labute approximate surface area is 116 Å². The van der Waals surface area contributed by atoms with Gasteiger partial charge in [-0.25, -0.2) is 0 Å². The minimum Gasteiger partial charge on any atom is -0.0922 e. The Kier molecular flexibility index (Phi) is 5.63. The molecule has 1 aromatic rings. The maximum atomic E-state index is 6.21. The quantitative estimate of drug-likeness (QED) is 0.606. The molecule has 0 heterocycles.